The van der Waals surface area contributed by atoms with E-state index in [4.69, 9.17) is 28.9 Å². The Labute approximate surface area is 330 Å². The average molecular weight is 800 g/mol. The molecule has 0 aromatic heterocycles. The molecule has 3 aromatic rings. The number of nitrogens with zero attached hydrogens (tertiary/aromatic N) is 2. The molecule has 296 valence electrons. The molecule has 3 atom stereocenters. The van der Waals surface area contributed by atoms with Gasteiger partial charge in [-0.3, -0.25) is 24.0 Å². The molecule has 1 aliphatic heterocycles. The molecule has 6 N–H and O–H groups in total. The van der Waals surface area contributed by atoms with Crippen LogP contribution in [0, 0.1) is 5.82 Å². The molecule has 1 heterocycles. The zero-order valence-corrected chi connectivity index (χ0v) is 32.5. The lowest BCUT2D eigenvalue weighted by atomic mass is 9.99. The van der Waals surface area contributed by atoms with Crippen LogP contribution in [-0.2, 0) is 36.8 Å². The van der Waals surface area contributed by atoms with Crippen molar-refractivity contribution in [2.24, 2.45) is 5.73 Å². The molecule has 0 spiro atoms. The number of benzene rings is 3. The van der Waals surface area contributed by atoms with Crippen LogP contribution < -0.4 is 26.6 Å². The normalized spacial score (nSPS) is 14.7. The van der Waals surface area contributed by atoms with E-state index in [0.29, 0.717) is 60.1 Å². The van der Waals surface area contributed by atoms with E-state index in [9.17, 15) is 33.5 Å². The molecule has 0 bridgehead atoms. The van der Waals surface area contributed by atoms with Crippen LogP contribution in [-0.4, -0.2) is 83.3 Å². The number of hydrogen-bond donors (Lipinski definition) is 5. The van der Waals surface area contributed by atoms with Crippen LogP contribution in [0.15, 0.2) is 66.7 Å². The van der Waals surface area contributed by atoms with Crippen LogP contribution in [0.3, 0.4) is 0 Å². The second kappa shape index (κ2) is 20.8. The number of piperidine rings is 1. The highest BCUT2D eigenvalue weighted by Gasteiger charge is 2.34. The van der Waals surface area contributed by atoms with E-state index in [1.54, 1.807) is 47.1 Å². The van der Waals surface area contributed by atoms with E-state index in [1.807, 2.05) is 6.92 Å². The van der Waals surface area contributed by atoms with Gasteiger partial charge in [-0.15, -0.1) is 0 Å². The fourth-order valence-corrected chi connectivity index (χ4v) is 6.75. The van der Waals surface area contributed by atoms with Crippen molar-refractivity contribution in [3.05, 3.63) is 93.7 Å². The number of carbonyl (C=O) groups is 5. The van der Waals surface area contributed by atoms with Gasteiger partial charge in [-0.2, -0.15) is 0 Å². The summed E-state index contributed by atoms with van der Waals surface area (Å²) in [7, 11) is 0. The van der Waals surface area contributed by atoms with Crippen molar-refractivity contribution in [3.8, 4) is 5.75 Å². The van der Waals surface area contributed by atoms with Crippen molar-refractivity contribution in [2.45, 2.75) is 89.4 Å². The molecule has 1 aliphatic rings. The number of halogens is 3. The lowest BCUT2D eigenvalue weighted by Crippen LogP contribution is -2.56. The molecule has 4 rings (SSSR count). The van der Waals surface area contributed by atoms with Crippen LogP contribution in [0.1, 0.15) is 63.5 Å². The lowest BCUT2D eigenvalue weighted by molar-refractivity contribution is -0.137. The van der Waals surface area contributed by atoms with Crippen molar-refractivity contribution in [1.29, 1.82) is 0 Å². The maximum atomic E-state index is 14.0. The van der Waals surface area contributed by atoms with Crippen LogP contribution in [0.2, 0.25) is 10.0 Å². The van der Waals surface area contributed by atoms with E-state index in [1.165, 1.54) is 36.4 Å². The molecule has 55 heavy (non-hydrogen) atoms. The second-order valence-corrected chi connectivity index (χ2v) is 14.4. The van der Waals surface area contributed by atoms with E-state index < -0.39 is 48.2 Å². The number of phenols is 1. The first-order chi connectivity index (χ1) is 26.3. The predicted octanol–water partition coefficient (Wildman–Crippen LogP) is 4.66. The number of likely N-dealkylation sites (tertiary alicyclic amines) is 1. The molecule has 0 radical (unpaired) electrons. The van der Waals surface area contributed by atoms with Crippen LogP contribution in [0.4, 0.5) is 10.1 Å². The Morgan fingerprint density at radius 2 is 1.51 bits per heavy atom. The molecular weight excluding hydrogens is 750 g/mol. The number of phenolic OH excluding ortho intramolecular Hbond substituents is 1. The molecule has 1 saturated heterocycles. The number of nitrogens with two attached hydrogens (primary N) is 1. The Morgan fingerprint density at radius 1 is 0.873 bits per heavy atom. The third-order valence-electron chi connectivity index (χ3n) is 9.51. The molecule has 12 nitrogen and oxygen atoms in total. The van der Waals surface area contributed by atoms with Gasteiger partial charge in [0.1, 0.15) is 23.7 Å². The summed E-state index contributed by atoms with van der Waals surface area (Å²) in [6.07, 6.45) is 3.15. The summed E-state index contributed by atoms with van der Waals surface area (Å²) >= 11 is 12.4. The van der Waals surface area contributed by atoms with Gasteiger partial charge < -0.3 is 36.6 Å². The number of hydrogen-bond acceptors (Lipinski definition) is 7. The third kappa shape index (κ3) is 12.7. The second-order valence-electron chi connectivity index (χ2n) is 13.6. The first-order valence-corrected chi connectivity index (χ1v) is 19.3. The number of amides is 5. The highest BCUT2D eigenvalue weighted by Crippen LogP contribution is 2.31. The number of nitrogens with one attached hydrogen (secondary N) is 3. The van der Waals surface area contributed by atoms with Crippen LogP contribution >= 0.6 is 23.2 Å². The fourth-order valence-electron chi connectivity index (χ4n) is 6.46. The van der Waals surface area contributed by atoms with Crippen molar-refractivity contribution in [1.82, 2.24) is 20.9 Å². The smallest absolute Gasteiger partial charge is 0.245 e. The Balaban J connectivity index is 1.40. The highest BCUT2D eigenvalue weighted by atomic mass is 35.5. The van der Waals surface area contributed by atoms with Gasteiger partial charge in [0, 0.05) is 37.7 Å². The van der Waals surface area contributed by atoms with Gasteiger partial charge in [0.25, 0.3) is 0 Å². The molecule has 3 aromatic carbocycles. The Bertz CT molecular complexity index is 1790. The average Bonchev–Trinajstić information content (AvgIpc) is 3.18. The highest BCUT2D eigenvalue weighted by molar-refractivity contribution is 6.42. The van der Waals surface area contributed by atoms with Crippen molar-refractivity contribution in [2.75, 3.05) is 24.5 Å². The molecule has 5 amide bonds. The molecule has 1 fully saturated rings. The van der Waals surface area contributed by atoms with Gasteiger partial charge in [0.05, 0.1) is 22.6 Å². The van der Waals surface area contributed by atoms with E-state index in [0.717, 1.165) is 12.0 Å². The molecular formula is C40H49Cl2FN6O6. The molecule has 15 heteroatoms. The predicted molar refractivity (Wildman–Crippen MR) is 210 cm³/mol. The van der Waals surface area contributed by atoms with Gasteiger partial charge in [0.2, 0.25) is 29.5 Å². The summed E-state index contributed by atoms with van der Waals surface area (Å²) in [6.45, 7) is 3.85. The number of rotatable bonds is 17. The van der Waals surface area contributed by atoms with Gasteiger partial charge in [-0.1, -0.05) is 74.2 Å². The minimum atomic E-state index is -1.04. The Morgan fingerprint density at radius 3 is 2.13 bits per heavy atom. The maximum absolute atomic E-state index is 14.0. The first kappa shape index (κ1) is 43.0. The number of unbranched alkanes of at least 4 members (excludes halogenated alkanes) is 1. The third-order valence-corrected chi connectivity index (χ3v) is 10.3. The number of carbonyl (C=O) groups excluding carboxylic acids is 5. The van der Waals surface area contributed by atoms with Gasteiger partial charge in [-0.05, 0) is 79.3 Å². The van der Waals surface area contributed by atoms with Crippen LogP contribution in [0.25, 0.3) is 0 Å². The SMILES string of the molecule is CCCC[C@@H](NC(=O)[C@@H](N)Cc1ccc(O)cc1)C(=O)NCC(=O)N[C@@H](Cc1ccc(F)cc1)C(=O)N1CCC(N(C(=O)CC)c2ccc(Cl)c(Cl)c2)CC1. The summed E-state index contributed by atoms with van der Waals surface area (Å²) < 4.78 is 13.7. The summed E-state index contributed by atoms with van der Waals surface area (Å²) in [5.74, 6) is -2.57. The van der Waals surface area contributed by atoms with Gasteiger partial charge in [-0.25, -0.2) is 4.39 Å². The zero-order valence-electron chi connectivity index (χ0n) is 31.0. The Kier molecular flexibility index (Phi) is 16.3. The number of aromatic hydroxyl groups is 1. The molecule has 0 unspecified atom stereocenters. The maximum Gasteiger partial charge on any atom is 0.245 e. The van der Waals surface area contributed by atoms with Crippen molar-refractivity contribution < 1.29 is 33.5 Å². The standard InChI is InChI=1S/C40H49Cl2FN6O6/c1-3-5-6-34(47-38(53)33(44)21-25-9-14-30(50)15-10-25)39(54)45-24-36(51)46-35(22-26-7-11-27(43)12-8-26)40(55)48-19-17-28(18-20-48)49(37(52)4-2)29-13-16-31(41)32(42)23-29/h7-16,23,28,33-35,50H,3-6,17-22,24,44H2,1-2H3,(H,45,54)(H,46,51)(H,47,53)/t33-,34+,35-/m0/s1. The zero-order chi connectivity index (χ0) is 40.1. The lowest BCUT2D eigenvalue weighted by Gasteiger charge is -2.39. The van der Waals surface area contributed by atoms with Gasteiger partial charge >= 0.3 is 0 Å². The summed E-state index contributed by atoms with van der Waals surface area (Å²) in [4.78, 5) is 69.9. The quantitative estimate of drug-likeness (QED) is 0.132. The van der Waals surface area contributed by atoms with E-state index >= 15 is 0 Å². The van der Waals surface area contributed by atoms with E-state index in [2.05, 4.69) is 16.0 Å². The monoisotopic (exact) mass is 798 g/mol. The van der Waals surface area contributed by atoms with Crippen LogP contribution in [0.5, 0.6) is 5.75 Å². The van der Waals surface area contributed by atoms with E-state index in [-0.39, 0.29) is 42.9 Å². The first-order valence-electron chi connectivity index (χ1n) is 18.5. The van der Waals surface area contributed by atoms with Crippen molar-refractivity contribution in [3.63, 3.8) is 0 Å². The topological polar surface area (TPSA) is 174 Å². The fraction of sp³-hybridized carbons (Fsp3) is 0.425. The largest absolute Gasteiger partial charge is 0.508 e. The number of anilines is 1. The summed E-state index contributed by atoms with van der Waals surface area (Å²) in [5, 5.41) is 18.2. The minimum Gasteiger partial charge on any atom is -0.508 e. The minimum absolute atomic E-state index is 0.0660. The molecule has 0 aliphatic carbocycles. The Hall–Kier alpha value is -4.72. The van der Waals surface area contributed by atoms with Gasteiger partial charge in [0.15, 0.2) is 0 Å². The van der Waals surface area contributed by atoms with Crippen molar-refractivity contribution >= 4 is 58.4 Å². The molecule has 0 saturated carbocycles. The summed E-state index contributed by atoms with van der Waals surface area (Å²) in [5.41, 5.74) is 8.09. The summed E-state index contributed by atoms with van der Waals surface area (Å²) in [6, 6.07) is 13.8.